The summed E-state index contributed by atoms with van der Waals surface area (Å²) in [6.45, 7) is 0. The normalized spacial score (nSPS) is 9.79. The molecule has 2 aromatic rings. The molecule has 0 spiro atoms. The molecule has 1 aromatic heterocycles. The van der Waals surface area contributed by atoms with Crippen molar-refractivity contribution in [2.45, 2.75) is 6.42 Å². The average Bonchev–Trinajstić information content (AvgIpc) is 2.65. The Morgan fingerprint density at radius 1 is 1.43 bits per heavy atom. The number of H-pyrrole nitrogens is 1. The van der Waals surface area contributed by atoms with Gasteiger partial charge < -0.3 is 4.98 Å². The quantitative estimate of drug-likeness (QED) is 0.611. The lowest BCUT2D eigenvalue weighted by atomic mass is 10.2. The van der Waals surface area contributed by atoms with Gasteiger partial charge >= 0.3 is 0 Å². The zero-order valence-corrected chi connectivity index (χ0v) is 9.13. The number of aromatic amines is 1. The lowest BCUT2D eigenvalue weighted by Gasteiger charge is -1.90. The van der Waals surface area contributed by atoms with Crippen LogP contribution in [-0.4, -0.2) is 15.3 Å². The van der Waals surface area contributed by atoms with E-state index in [2.05, 4.69) is 37.7 Å². The first-order valence-electron chi connectivity index (χ1n) is 4.38. The number of hydrogen-bond donors (Lipinski definition) is 1. The van der Waals surface area contributed by atoms with E-state index < -0.39 is 0 Å². The summed E-state index contributed by atoms with van der Waals surface area (Å²) < 4.78 is 0. The molecule has 0 fully saturated rings. The fraction of sp³-hybridized carbons (Fsp3) is 0.182. The van der Waals surface area contributed by atoms with Gasteiger partial charge in [0.1, 0.15) is 0 Å². The van der Waals surface area contributed by atoms with Crippen molar-refractivity contribution in [2.75, 3.05) is 5.33 Å². The topological polar surface area (TPSA) is 28.7 Å². The van der Waals surface area contributed by atoms with Crippen molar-refractivity contribution in [1.82, 2.24) is 9.97 Å². The molecule has 2 nitrogen and oxygen atoms in total. The van der Waals surface area contributed by atoms with Crippen molar-refractivity contribution >= 4 is 27.0 Å². The minimum Gasteiger partial charge on any atom is -0.345 e. The third-order valence-corrected chi connectivity index (χ3v) is 2.27. The predicted molar refractivity (Wildman–Crippen MR) is 61.4 cm³/mol. The molecule has 2 rings (SSSR count). The molecule has 0 aliphatic rings. The first-order valence-corrected chi connectivity index (χ1v) is 5.50. The molecule has 0 aliphatic carbocycles. The summed E-state index contributed by atoms with van der Waals surface area (Å²) in [6, 6.07) is 5.98. The first-order chi connectivity index (χ1) is 6.90. The highest BCUT2D eigenvalue weighted by Crippen LogP contribution is 2.10. The van der Waals surface area contributed by atoms with Crippen molar-refractivity contribution in [3.8, 4) is 11.8 Å². The van der Waals surface area contributed by atoms with E-state index in [0.29, 0.717) is 0 Å². The van der Waals surface area contributed by atoms with E-state index in [1.165, 1.54) is 0 Å². The standard InChI is InChI=1S/C11H9BrN2/c12-6-2-1-3-9-4-5-10-11(7-9)14-8-13-10/h4-5,7-8H,2,6H2,(H,13,14). The number of halogens is 1. The van der Waals surface area contributed by atoms with Gasteiger partial charge in [-0.15, -0.1) is 0 Å². The van der Waals surface area contributed by atoms with Crippen molar-refractivity contribution in [1.29, 1.82) is 0 Å². The fourth-order valence-corrected chi connectivity index (χ4v) is 1.42. The van der Waals surface area contributed by atoms with Crippen molar-refractivity contribution in [2.24, 2.45) is 0 Å². The Labute approximate surface area is 90.9 Å². The zero-order valence-electron chi connectivity index (χ0n) is 7.55. The van der Waals surface area contributed by atoms with Gasteiger partial charge in [-0.2, -0.15) is 0 Å². The summed E-state index contributed by atoms with van der Waals surface area (Å²) >= 11 is 3.34. The summed E-state index contributed by atoms with van der Waals surface area (Å²) in [6.07, 6.45) is 2.57. The maximum atomic E-state index is 4.15. The maximum Gasteiger partial charge on any atom is 0.0931 e. The van der Waals surface area contributed by atoms with Crippen LogP contribution in [0.25, 0.3) is 11.0 Å². The van der Waals surface area contributed by atoms with Gasteiger partial charge in [0.2, 0.25) is 0 Å². The van der Waals surface area contributed by atoms with Crippen LogP contribution in [0.15, 0.2) is 24.5 Å². The molecule has 1 heterocycles. The van der Waals surface area contributed by atoms with E-state index in [9.17, 15) is 0 Å². The monoisotopic (exact) mass is 248 g/mol. The Morgan fingerprint density at radius 2 is 2.36 bits per heavy atom. The second-order valence-electron chi connectivity index (χ2n) is 2.88. The van der Waals surface area contributed by atoms with Gasteiger partial charge in [-0.1, -0.05) is 27.8 Å². The third kappa shape index (κ3) is 1.97. The molecule has 0 aliphatic heterocycles. The number of aromatic nitrogens is 2. The highest BCUT2D eigenvalue weighted by molar-refractivity contribution is 9.09. The molecule has 70 valence electrons. The van der Waals surface area contributed by atoms with Crippen LogP contribution < -0.4 is 0 Å². The van der Waals surface area contributed by atoms with Crippen LogP contribution in [0, 0.1) is 11.8 Å². The number of fused-ring (bicyclic) bond motifs is 1. The maximum absolute atomic E-state index is 4.15. The van der Waals surface area contributed by atoms with Crippen LogP contribution >= 0.6 is 15.9 Å². The molecule has 0 atom stereocenters. The van der Waals surface area contributed by atoms with Crippen LogP contribution in [0.3, 0.4) is 0 Å². The van der Waals surface area contributed by atoms with E-state index in [1.54, 1.807) is 6.33 Å². The summed E-state index contributed by atoms with van der Waals surface area (Å²) in [5.41, 5.74) is 3.05. The minimum atomic E-state index is 0.876. The Bertz CT molecular complexity index is 490. The van der Waals surface area contributed by atoms with Crippen LogP contribution in [0.2, 0.25) is 0 Å². The second kappa shape index (κ2) is 4.30. The van der Waals surface area contributed by atoms with Crippen LogP contribution in [-0.2, 0) is 0 Å². The Kier molecular flexibility index (Phi) is 2.85. The molecule has 1 N–H and O–H groups in total. The molecular formula is C11H9BrN2. The molecular weight excluding hydrogens is 240 g/mol. The van der Waals surface area contributed by atoms with Crippen molar-refractivity contribution < 1.29 is 0 Å². The molecule has 1 aromatic carbocycles. The van der Waals surface area contributed by atoms with E-state index in [0.717, 1.165) is 28.3 Å². The highest BCUT2D eigenvalue weighted by Gasteiger charge is 1.94. The molecule has 0 radical (unpaired) electrons. The molecule has 14 heavy (non-hydrogen) atoms. The number of rotatable bonds is 1. The second-order valence-corrected chi connectivity index (χ2v) is 3.67. The van der Waals surface area contributed by atoms with Gasteiger partial charge in [-0.05, 0) is 18.2 Å². The molecule has 3 heteroatoms. The fourth-order valence-electron chi connectivity index (χ4n) is 1.23. The number of nitrogens with one attached hydrogen (secondary N) is 1. The summed E-state index contributed by atoms with van der Waals surface area (Å²) in [5.74, 6) is 6.18. The third-order valence-electron chi connectivity index (χ3n) is 1.87. The summed E-state index contributed by atoms with van der Waals surface area (Å²) in [7, 11) is 0. The number of alkyl halides is 1. The summed E-state index contributed by atoms with van der Waals surface area (Å²) in [4.78, 5) is 7.21. The highest BCUT2D eigenvalue weighted by atomic mass is 79.9. The average molecular weight is 249 g/mol. The van der Waals surface area contributed by atoms with Gasteiger partial charge in [-0.3, -0.25) is 0 Å². The van der Waals surface area contributed by atoms with E-state index in [4.69, 9.17) is 0 Å². The molecule has 0 bridgehead atoms. The number of benzene rings is 1. The Hall–Kier alpha value is -1.27. The minimum absolute atomic E-state index is 0.876. The van der Waals surface area contributed by atoms with E-state index in [-0.39, 0.29) is 0 Å². The Balaban J connectivity index is 2.31. The van der Waals surface area contributed by atoms with Crippen LogP contribution in [0.5, 0.6) is 0 Å². The van der Waals surface area contributed by atoms with Gasteiger partial charge in [-0.25, -0.2) is 4.98 Å². The zero-order chi connectivity index (χ0) is 9.80. The lowest BCUT2D eigenvalue weighted by Crippen LogP contribution is -1.75. The predicted octanol–water partition coefficient (Wildman–Crippen LogP) is 2.70. The number of nitrogens with zero attached hydrogens (tertiary/aromatic N) is 1. The largest absolute Gasteiger partial charge is 0.345 e. The molecule has 0 unspecified atom stereocenters. The molecule has 0 saturated heterocycles. The van der Waals surface area contributed by atoms with Gasteiger partial charge in [0.05, 0.1) is 17.4 Å². The SMILES string of the molecule is BrCCC#Cc1ccc2nc[nH]c2c1. The van der Waals surface area contributed by atoms with Gasteiger partial charge in [0.25, 0.3) is 0 Å². The smallest absolute Gasteiger partial charge is 0.0931 e. The van der Waals surface area contributed by atoms with E-state index >= 15 is 0 Å². The number of imidazole rings is 1. The molecule has 0 amide bonds. The molecule has 0 saturated carbocycles. The van der Waals surface area contributed by atoms with Crippen molar-refractivity contribution in [3.63, 3.8) is 0 Å². The van der Waals surface area contributed by atoms with E-state index in [1.807, 2.05) is 18.2 Å². The van der Waals surface area contributed by atoms with Gasteiger partial charge in [0.15, 0.2) is 0 Å². The van der Waals surface area contributed by atoms with Crippen molar-refractivity contribution in [3.05, 3.63) is 30.1 Å². The van der Waals surface area contributed by atoms with Crippen LogP contribution in [0.1, 0.15) is 12.0 Å². The summed E-state index contributed by atoms with van der Waals surface area (Å²) in [5, 5.41) is 0.923. The first kappa shape index (κ1) is 9.29. The van der Waals surface area contributed by atoms with Gasteiger partial charge in [0, 0.05) is 17.3 Å². The van der Waals surface area contributed by atoms with Crippen LogP contribution in [0.4, 0.5) is 0 Å². The number of hydrogen-bond acceptors (Lipinski definition) is 1. The lowest BCUT2D eigenvalue weighted by molar-refractivity contribution is 1.32. The Morgan fingerprint density at radius 3 is 3.21 bits per heavy atom.